The van der Waals surface area contributed by atoms with Crippen molar-refractivity contribution in [3.63, 3.8) is 0 Å². The van der Waals surface area contributed by atoms with Crippen LogP contribution in [0.2, 0.25) is 0 Å². The molecule has 1 aliphatic rings. The summed E-state index contributed by atoms with van der Waals surface area (Å²) in [6.07, 6.45) is 7.31. The van der Waals surface area contributed by atoms with Crippen molar-refractivity contribution >= 4 is 11.8 Å². The van der Waals surface area contributed by atoms with Crippen LogP contribution in [0.5, 0.6) is 0 Å². The van der Waals surface area contributed by atoms with Gasteiger partial charge in [0, 0.05) is 18.0 Å². The van der Waals surface area contributed by atoms with E-state index in [0.29, 0.717) is 6.54 Å². The lowest BCUT2D eigenvalue weighted by atomic mass is 9.91. The first-order valence-electron chi connectivity index (χ1n) is 6.09. The van der Waals surface area contributed by atoms with Crippen LogP contribution in [0.4, 0.5) is 0 Å². The zero-order valence-electron chi connectivity index (χ0n) is 9.86. The van der Waals surface area contributed by atoms with Gasteiger partial charge in [0.2, 0.25) is 0 Å². The van der Waals surface area contributed by atoms with Crippen LogP contribution in [-0.4, -0.2) is 10.2 Å². The second-order valence-corrected chi connectivity index (χ2v) is 6.04. The summed E-state index contributed by atoms with van der Waals surface area (Å²) in [7, 11) is 0. The molecule has 2 nitrogen and oxygen atoms in total. The van der Waals surface area contributed by atoms with Gasteiger partial charge in [0.1, 0.15) is 0 Å². The Morgan fingerprint density at radius 2 is 2.38 bits per heavy atom. The molecule has 1 aromatic rings. The Labute approximate surface area is 102 Å². The number of rotatable bonds is 3. The third-order valence-electron chi connectivity index (χ3n) is 3.21. The Bertz CT molecular complexity index is 340. The second-order valence-electron chi connectivity index (χ2n) is 4.72. The van der Waals surface area contributed by atoms with Gasteiger partial charge in [0.25, 0.3) is 0 Å². The lowest BCUT2D eigenvalue weighted by molar-refractivity contribution is 0.394. The minimum atomic E-state index is 0.608. The molecule has 2 rings (SSSR count). The SMILES string of the molecule is CC1CCCC(Sc2cc(CN)ccn2)C1. The Kier molecular flexibility index (Phi) is 4.24. The van der Waals surface area contributed by atoms with Crippen molar-refractivity contribution in [3.8, 4) is 0 Å². The van der Waals surface area contributed by atoms with Crippen LogP contribution >= 0.6 is 11.8 Å². The number of thioether (sulfide) groups is 1. The number of nitrogens with two attached hydrogens (primary N) is 1. The third kappa shape index (κ3) is 3.22. The molecule has 1 fully saturated rings. The van der Waals surface area contributed by atoms with E-state index < -0.39 is 0 Å². The fraction of sp³-hybridized carbons (Fsp3) is 0.615. The summed E-state index contributed by atoms with van der Waals surface area (Å²) in [4.78, 5) is 4.41. The van der Waals surface area contributed by atoms with E-state index in [2.05, 4.69) is 18.0 Å². The predicted octanol–water partition coefficient (Wildman–Crippen LogP) is 3.21. The highest BCUT2D eigenvalue weighted by molar-refractivity contribution is 7.99. The van der Waals surface area contributed by atoms with Crippen molar-refractivity contribution in [2.24, 2.45) is 11.7 Å². The lowest BCUT2D eigenvalue weighted by Gasteiger charge is -2.25. The minimum absolute atomic E-state index is 0.608. The van der Waals surface area contributed by atoms with Gasteiger partial charge < -0.3 is 5.73 Å². The summed E-state index contributed by atoms with van der Waals surface area (Å²) in [5.74, 6) is 0.879. The molecule has 1 saturated carbocycles. The zero-order chi connectivity index (χ0) is 11.4. The molecule has 2 N–H and O–H groups in total. The number of hydrogen-bond donors (Lipinski definition) is 1. The Balaban J connectivity index is 1.97. The van der Waals surface area contributed by atoms with Crippen molar-refractivity contribution < 1.29 is 0 Å². The van der Waals surface area contributed by atoms with Crippen molar-refractivity contribution in [1.29, 1.82) is 0 Å². The molecule has 0 amide bonds. The molecule has 0 aromatic carbocycles. The second kappa shape index (κ2) is 5.69. The molecule has 16 heavy (non-hydrogen) atoms. The highest BCUT2D eigenvalue weighted by Gasteiger charge is 2.20. The van der Waals surface area contributed by atoms with Crippen LogP contribution in [0.3, 0.4) is 0 Å². The maximum atomic E-state index is 5.64. The molecule has 0 aliphatic heterocycles. The first-order chi connectivity index (χ1) is 7.78. The van der Waals surface area contributed by atoms with Crippen LogP contribution in [0.1, 0.15) is 38.2 Å². The molecule has 3 heteroatoms. The number of aromatic nitrogens is 1. The molecule has 0 saturated heterocycles. The van der Waals surface area contributed by atoms with Crippen LogP contribution < -0.4 is 5.73 Å². The summed E-state index contributed by atoms with van der Waals surface area (Å²) in [5.41, 5.74) is 6.82. The Hall–Kier alpha value is -0.540. The molecular formula is C13H20N2S. The van der Waals surface area contributed by atoms with Crippen molar-refractivity contribution in [2.45, 2.75) is 49.4 Å². The fourth-order valence-corrected chi connectivity index (χ4v) is 3.69. The Morgan fingerprint density at radius 3 is 3.12 bits per heavy atom. The van der Waals surface area contributed by atoms with Crippen LogP contribution in [0, 0.1) is 5.92 Å². The molecule has 1 aliphatic carbocycles. The summed E-state index contributed by atoms with van der Waals surface area (Å²) in [5, 5.41) is 1.89. The molecule has 0 radical (unpaired) electrons. The van der Waals surface area contributed by atoms with E-state index in [9.17, 15) is 0 Å². The predicted molar refractivity (Wildman–Crippen MR) is 69.4 cm³/mol. The summed E-state index contributed by atoms with van der Waals surface area (Å²) >= 11 is 1.93. The standard InChI is InChI=1S/C13H20N2S/c1-10-3-2-4-12(7-10)16-13-8-11(9-14)5-6-15-13/h5-6,8,10,12H,2-4,7,9,14H2,1H3. The van der Waals surface area contributed by atoms with Gasteiger partial charge in [-0.25, -0.2) is 4.98 Å². The molecule has 2 atom stereocenters. The average Bonchev–Trinajstić information content (AvgIpc) is 2.29. The van der Waals surface area contributed by atoms with Gasteiger partial charge in [-0.3, -0.25) is 0 Å². The summed E-state index contributed by atoms with van der Waals surface area (Å²) in [6, 6.07) is 4.12. The van der Waals surface area contributed by atoms with Crippen LogP contribution in [0.25, 0.3) is 0 Å². The summed E-state index contributed by atoms with van der Waals surface area (Å²) < 4.78 is 0. The van der Waals surface area contributed by atoms with Gasteiger partial charge in [0.15, 0.2) is 0 Å². The zero-order valence-corrected chi connectivity index (χ0v) is 10.7. The first kappa shape index (κ1) is 11.9. The molecule has 1 aromatic heterocycles. The van der Waals surface area contributed by atoms with E-state index in [-0.39, 0.29) is 0 Å². The monoisotopic (exact) mass is 236 g/mol. The highest BCUT2D eigenvalue weighted by Crippen LogP contribution is 2.35. The van der Waals surface area contributed by atoms with E-state index in [0.717, 1.165) is 16.2 Å². The largest absolute Gasteiger partial charge is 0.326 e. The molecular weight excluding hydrogens is 216 g/mol. The van der Waals surface area contributed by atoms with Gasteiger partial charge >= 0.3 is 0 Å². The van der Waals surface area contributed by atoms with E-state index in [1.54, 1.807) is 0 Å². The first-order valence-corrected chi connectivity index (χ1v) is 6.97. The quantitative estimate of drug-likeness (QED) is 0.876. The van der Waals surface area contributed by atoms with Crippen molar-refractivity contribution in [3.05, 3.63) is 23.9 Å². The van der Waals surface area contributed by atoms with E-state index in [1.165, 1.54) is 31.2 Å². The van der Waals surface area contributed by atoms with Crippen LogP contribution in [0.15, 0.2) is 23.4 Å². The molecule has 2 unspecified atom stereocenters. The van der Waals surface area contributed by atoms with E-state index >= 15 is 0 Å². The van der Waals surface area contributed by atoms with Gasteiger partial charge in [-0.1, -0.05) is 19.8 Å². The number of nitrogens with zero attached hydrogens (tertiary/aromatic N) is 1. The fourth-order valence-electron chi connectivity index (χ4n) is 2.30. The smallest absolute Gasteiger partial charge is 0.0965 e. The van der Waals surface area contributed by atoms with E-state index in [4.69, 9.17) is 5.73 Å². The van der Waals surface area contributed by atoms with Gasteiger partial charge in [0.05, 0.1) is 5.03 Å². The highest BCUT2D eigenvalue weighted by atomic mass is 32.2. The van der Waals surface area contributed by atoms with Gasteiger partial charge in [-0.2, -0.15) is 0 Å². The average molecular weight is 236 g/mol. The van der Waals surface area contributed by atoms with Gasteiger partial charge in [-0.05, 0) is 36.5 Å². The maximum absolute atomic E-state index is 5.64. The number of pyridine rings is 1. The normalized spacial score (nSPS) is 25.6. The lowest BCUT2D eigenvalue weighted by Crippen LogP contribution is -2.15. The Morgan fingerprint density at radius 1 is 1.50 bits per heavy atom. The third-order valence-corrected chi connectivity index (χ3v) is 4.44. The molecule has 1 heterocycles. The minimum Gasteiger partial charge on any atom is -0.326 e. The van der Waals surface area contributed by atoms with E-state index in [1.807, 2.05) is 24.0 Å². The van der Waals surface area contributed by atoms with Crippen molar-refractivity contribution in [2.75, 3.05) is 0 Å². The molecule has 0 bridgehead atoms. The van der Waals surface area contributed by atoms with Crippen molar-refractivity contribution in [1.82, 2.24) is 4.98 Å². The topological polar surface area (TPSA) is 38.9 Å². The molecule has 88 valence electrons. The molecule has 0 spiro atoms. The maximum Gasteiger partial charge on any atom is 0.0965 e. The summed E-state index contributed by atoms with van der Waals surface area (Å²) in [6.45, 7) is 2.97. The van der Waals surface area contributed by atoms with Gasteiger partial charge in [-0.15, -0.1) is 11.8 Å². The van der Waals surface area contributed by atoms with Crippen LogP contribution in [-0.2, 0) is 6.54 Å². The number of hydrogen-bond acceptors (Lipinski definition) is 3.